The predicted octanol–water partition coefficient (Wildman–Crippen LogP) is 4.29. The van der Waals surface area contributed by atoms with Crippen LogP contribution in [0.25, 0.3) is 10.8 Å². The summed E-state index contributed by atoms with van der Waals surface area (Å²) in [6, 6.07) is 12.0. The molecule has 6 heteroatoms. The maximum absolute atomic E-state index is 4.38. The molecule has 0 spiro atoms. The van der Waals surface area contributed by atoms with Crippen molar-refractivity contribution in [1.82, 2.24) is 10.2 Å². The fourth-order valence-corrected chi connectivity index (χ4v) is 3.14. The van der Waals surface area contributed by atoms with Crippen molar-refractivity contribution in [3.63, 3.8) is 0 Å². The molecule has 0 saturated heterocycles. The van der Waals surface area contributed by atoms with Gasteiger partial charge in [0.2, 0.25) is 0 Å². The van der Waals surface area contributed by atoms with Crippen LogP contribution < -0.4 is 5.43 Å². The lowest BCUT2D eigenvalue weighted by Gasteiger charge is -2.04. The number of aromatic nitrogens is 2. The molecule has 2 aromatic heterocycles. The number of hydrogen-bond acceptors (Lipinski definition) is 5. The van der Waals surface area contributed by atoms with E-state index in [1.54, 1.807) is 17.5 Å². The van der Waals surface area contributed by atoms with Crippen LogP contribution in [0, 0.1) is 0 Å². The Morgan fingerprint density at radius 2 is 2.10 bits per heavy atom. The molecule has 0 radical (unpaired) electrons. The van der Waals surface area contributed by atoms with Crippen LogP contribution in [0.5, 0.6) is 0 Å². The zero-order valence-electron chi connectivity index (χ0n) is 10.7. The molecule has 0 bridgehead atoms. The highest BCUT2D eigenvalue weighted by Crippen LogP contribution is 2.23. The van der Waals surface area contributed by atoms with E-state index in [0.717, 1.165) is 25.1 Å². The third kappa shape index (κ3) is 2.71. The van der Waals surface area contributed by atoms with Gasteiger partial charge in [-0.25, -0.2) is 0 Å². The molecule has 0 saturated carbocycles. The highest BCUT2D eigenvalue weighted by atomic mass is 79.9. The first-order chi connectivity index (χ1) is 9.74. The lowest BCUT2D eigenvalue weighted by molar-refractivity contribution is 1.04. The Morgan fingerprint density at radius 3 is 2.90 bits per heavy atom. The first-order valence-electron chi connectivity index (χ1n) is 6.00. The Hall–Kier alpha value is -1.79. The summed E-state index contributed by atoms with van der Waals surface area (Å²) < 4.78 is 1.09. The van der Waals surface area contributed by atoms with Gasteiger partial charge >= 0.3 is 0 Å². The molecule has 0 aliphatic rings. The Labute approximate surface area is 128 Å². The van der Waals surface area contributed by atoms with Crippen molar-refractivity contribution in [1.29, 1.82) is 0 Å². The van der Waals surface area contributed by atoms with Crippen LogP contribution in [-0.2, 0) is 0 Å². The molecule has 0 aliphatic heterocycles. The number of halogens is 1. The van der Waals surface area contributed by atoms with Gasteiger partial charge in [0.05, 0.1) is 20.6 Å². The summed E-state index contributed by atoms with van der Waals surface area (Å²) in [5.41, 5.74) is 3.91. The number of thiophene rings is 1. The molecular formula is C14H11BrN4S. The highest BCUT2D eigenvalue weighted by Gasteiger charge is 2.04. The molecular weight excluding hydrogens is 336 g/mol. The van der Waals surface area contributed by atoms with Crippen LogP contribution in [0.2, 0.25) is 0 Å². The second-order valence-corrected chi connectivity index (χ2v) is 6.66. The molecule has 0 amide bonds. The number of hydrazone groups is 1. The SMILES string of the molecule is C/C(=N/Nc1nncc2ccccc12)c1ccc(Br)s1. The molecule has 3 aromatic rings. The second kappa shape index (κ2) is 5.68. The largest absolute Gasteiger partial charge is 0.259 e. The third-order valence-corrected chi connectivity index (χ3v) is 4.56. The number of nitrogens with zero attached hydrogens (tertiary/aromatic N) is 3. The molecule has 0 fully saturated rings. The molecule has 4 nitrogen and oxygen atoms in total. The van der Waals surface area contributed by atoms with Crippen molar-refractivity contribution in [3.05, 3.63) is 51.3 Å². The van der Waals surface area contributed by atoms with Gasteiger partial charge in [-0.15, -0.1) is 16.4 Å². The van der Waals surface area contributed by atoms with Crippen molar-refractivity contribution in [2.45, 2.75) is 6.92 Å². The monoisotopic (exact) mass is 346 g/mol. The molecule has 20 heavy (non-hydrogen) atoms. The standard InChI is InChI=1S/C14H11BrN4S/c1-9(12-6-7-13(15)20-12)17-19-14-11-5-3-2-4-10(11)8-16-18-14/h2-8H,1H3,(H,18,19)/b17-9-. The van der Waals surface area contributed by atoms with Crippen molar-refractivity contribution >= 4 is 49.6 Å². The van der Waals surface area contributed by atoms with Crippen molar-refractivity contribution in [3.8, 4) is 0 Å². The van der Waals surface area contributed by atoms with E-state index in [1.807, 2.05) is 43.3 Å². The number of fused-ring (bicyclic) bond motifs is 1. The first kappa shape index (κ1) is 13.2. The molecule has 2 heterocycles. The topological polar surface area (TPSA) is 50.2 Å². The van der Waals surface area contributed by atoms with Crippen molar-refractivity contribution < 1.29 is 0 Å². The summed E-state index contributed by atoms with van der Waals surface area (Å²) in [4.78, 5) is 1.11. The lowest BCUT2D eigenvalue weighted by Crippen LogP contribution is -2.00. The first-order valence-corrected chi connectivity index (χ1v) is 7.61. The summed E-state index contributed by atoms with van der Waals surface area (Å²) in [7, 11) is 0. The van der Waals surface area contributed by atoms with Crippen molar-refractivity contribution in [2.24, 2.45) is 5.10 Å². The Kier molecular flexibility index (Phi) is 3.75. The molecule has 1 aromatic carbocycles. The fourth-order valence-electron chi connectivity index (χ4n) is 1.81. The minimum atomic E-state index is 0.665. The van der Waals surface area contributed by atoms with E-state index in [-0.39, 0.29) is 0 Å². The molecule has 3 rings (SSSR count). The van der Waals surface area contributed by atoms with Crippen LogP contribution in [0.4, 0.5) is 5.82 Å². The van der Waals surface area contributed by atoms with E-state index in [1.165, 1.54) is 0 Å². The molecule has 0 aliphatic carbocycles. The van der Waals surface area contributed by atoms with Gasteiger partial charge in [0.25, 0.3) is 0 Å². The Morgan fingerprint density at radius 1 is 1.25 bits per heavy atom. The third-order valence-electron chi connectivity index (χ3n) is 2.83. The summed E-state index contributed by atoms with van der Waals surface area (Å²) >= 11 is 5.09. The van der Waals surface area contributed by atoms with E-state index >= 15 is 0 Å². The minimum absolute atomic E-state index is 0.665. The summed E-state index contributed by atoms with van der Waals surface area (Å²) in [5.74, 6) is 0.665. The van der Waals surface area contributed by atoms with Crippen LogP contribution in [-0.4, -0.2) is 15.9 Å². The van der Waals surface area contributed by atoms with Gasteiger partial charge in [-0.3, -0.25) is 5.43 Å². The molecule has 100 valence electrons. The van der Waals surface area contributed by atoms with Gasteiger partial charge in [0.1, 0.15) is 0 Å². The zero-order valence-corrected chi connectivity index (χ0v) is 13.1. The van der Waals surface area contributed by atoms with E-state index in [2.05, 4.69) is 36.7 Å². The fraction of sp³-hybridized carbons (Fsp3) is 0.0714. The van der Waals surface area contributed by atoms with Gasteiger partial charge < -0.3 is 0 Å². The Balaban J connectivity index is 1.90. The lowest BCUT2D eigenvalue weighted by atomic mass is 10.2. The van der Waals surface area contributed by atoms with E-state index in [4.69, 9.17) is 0 Å². The van der Waals surface area contributed by atoms with Crippen LogP contribution in [0.1, 0.15) is 11.8 Å². The van der Waals surface area contributed by atoms with E-state index in [0.29, 0.717) is 5.82 Å². The summed E-state index contributed by atoms with van der Waals surface area (Å²) in [5, 5.41) is 14.5. The number of benzene rings is 1. The minimum Gasteiger partial charge on any atom is -0.259 e. The van der Waals surface area contributed by atoms with Crippen molar-refractivity contribution in [2.75, 3.05) is 5.43 Å². The van der Waals surface area contributed by atoms with E-state index in [9.17, 15) is 0 Å². The molecule has 0 unspecified atom stereocenters. The number of hydrogen-bond donors (Lipinski definition) is 1. The van der Waals surface area contributed by atoms with Gasteiger partial charge in [-0.05, 0) is 35.0 Å². The van der Waals surface area contributed by atoms with Crippen LogP contribution in [0.15, 0.2) is 51.5 Å². The normalized spacial score (nSPS) is 11.8. The Bertz CT molecular complexity index is 776. The highest BCUT2D eigenvalue weighted by molar-refractivity contribution is 9.11. The number of rotatable bonds is 3. The second-order valence-electron chi connectivity index (χ2n) is 4.19. The van der Waals surface area contributed by atoms with E-state index < -0.39 is 0 Å². The summed E-state index contributed by atoms with van der Waals surface area (Å²) in [6.45, 7) is 1.96. The van der Waals surface area contributed by atoms with Gasteiger partial charge in [0.15, 0.2) is 5.82 Å². The maximum atomic E-state index is 4.38. The zero-order chi connectivity index (χ0) is 13.9. The maximum Gasteiger partial charge on any atom is 0.176 e. The van der Waals surface area contributed by atoms with Crippen LogP contribution in [0.3, 0.4) is 0 Å². The molecule has 1 N–H and O–H groups in total. The number of anilines is 1. The summed E-state index contributed by atoms with van der Waals surface area (Å²) in [6.07, 6.45) is 1.74. The molecule has 0 atom stereocenters. The van der Waals surface area contributed by atoms with Crippen LogP contribution >= 0.6 is 27.3 Å². The average molecular weight is 347 g/mol. The smallest absolute Gasteiger partial charge is 0.176 e. The quantitative estimate of drug-likeness (QED) is 0.568. The number of nitrogens with one attached hydrogen (secondary N) is 1. The van der Waals surface area contributed by atoms with Gasteiger partial charge in [-0.1, -0.05) is 24.3 Å². The predicted molar refractivity (Wildman–Crippen MR) is 87.4 cm³/mol. The van der Waals surface area contributed by atoms with Gasteiger partial charge in [-0.2, -0.15) is 10.2 Å². The van der Waals surface area contributed by atoms with Gasteiger partial charge in [0, 0.05) is 10.8 Å². The average Bonchev–Trinajstić information content (AvgIpc) is 2.91.